The second-order valence-electron chi connectivity index (χ2n) is 6.28. The highest BCUT2D eigenvalue weighted by Gasteiger charge is 2.33. The maximum atomic E-state index is 11.3. The molecule has 0 aromatic heterocycles. The molecule has 1 unspecified atom stereocenters. The Kier molecular flexibility index (Phi) is 4.16. The van der Waals surface area contributed by atoms with Crippen LogP contribution in [0.3, 0.4) is 0 Å². The van der Waals surface area contributed by atoms with Crippen molar-refractivity contribution in [3.8, 4) is 0 Å². The first-order chi connectivity index (χ1) is 9.81. The second kappa shape index (κ2) is 5.71. The van der Waals surface area contributed by atoms with Crippen LogP contribution < -0.4 is 11.1 Å². The Morgan fingerprint density at radius 2 is 2.14 bits per heavy atom. The molecule has 1 aromatic rings. The van der Waals surface area contributed by atoms with Gasteiger partial charge >= 0.3 is 0 Å². The van der Waals surface area contributed by atoms with Crippen LogP contribution in [0, 0.1) is 15.5 Å². The van der Waals surface area contributed by atoms with Gasteiger partial charge in [0.2, 0.25) is 5.91 Å². The van der Waals surface area contributed by atoms with Crippen LogP contribution in [0.15, 0.2) is 18.2 Å². The highest BCUT2D eigenvalue weighted by Crippen LogP contribution is 2.38. The molecule has 1 aliphatic carbocycles. The molecule has 6 nitrogen and oxygen atoms in total. The molecule has 0 saturated heterocycles. The summed E-state index contributed by atoms with van der Waals surface area (Å²) in [5, 5.41) is 14.4. The largest absolute Gasteiger partial charge is 0.376 e. The molecule has 114 valence electrons. The van der Waals surface area contributed by atoms with Crippen molar-refractivity contribution in [3.05, 3.63) is 33.9 Å². The van der Waals surface area contributed by atoms with Gasteiger partial charge in [0.25, 0.3) is 5.69 Å². The number of anilines is 1. The van der Waals surface area contributed by atoms with Crippen molar-refractivity contribution in [3.63, 3.8) is 0 Å². The lowest BCUT2D eigenvalue weighted by molar-refractivity contribution is -0.384. The molecule has 0 spiro atoms. The average Bonchev–Trinajstić information content (AvgIpc) is 2.40. The zero-order valence-electron chi connectivity index (χ0n) is 12.4. The zero-order valence-corrected chi connectivity index (χ0v) is 12.4. The van der Waals surface area contributed by atoms with Gasteiger partial charge in [0.1, 0.15) is 5.69 Å². The molecule has 0 aliphatic heterocycles. The summed E-state index contributed by atoms with van der Waals surface area (Å²) in [7, 11) is 0. The number of amides is 1. The van der Waals surface area contributed by atoms with Crippen molar-refractivity contribution >= 4 is 17.3 Å². The number of benzene rings is 1. The van der Waals surface area contributed by atoms with Crippen LogP contribution >= 0.6 is 0 Å². The maximum Gasteiger partial charge on any atom is 0.292 e. The summed E-state index contributed by atoms with van der Waals surface area (Å²) in [5.74, 6) is -0.587. The number of rotatable bonds is 4. The normalized spacial score (nSPS) is 20.8. The smallest absolute Gasteiger partial charge is 0.292 e. The van der Waals surface area contributed by atoms with Crippen LogP contribution in [-0.4, -0.2) is 16.9 Å². The van der Waals surface area contributed by atoms with Gasteiger partial charge in [-0.25, -0.2) is 0 Å². The van der Waals surface area contributed by atoms with Crippen molar-refractivity contribution in [2.75, 3.05) is 5.32 Å². The summed E-state index contributed by atoms with van der Waals surface area (Å²) >= 11 is 0. The molecule has 1 amide bonds. The van der Waals surface area contributed by atoms with Crippen molar-refractivity contribution < 1.29 is 9.72 Å². The second-order valence-corrected chi connectivity index (χ2v) is 6.28. The molecule has 1 aliphatic rings. The molecule has 0 radical (unpaired) electrons. The Hall–Kier alpha value is -2.11. The van der Waals surface area contributed by atoms with E-state index in [0.29, 0.717) is 5.69 Å². The van der Waals surface area contributed by atoms with E-state index in [4.69, 9.17) is 5.73 Å². The van der Waals surface area contributed by atoms with Crippen molar-refractivity contribution in [1.29, 1.82) is 0 Å². The summed E-state index contributed by atoms with van der Waals surface area (Å²) in [5.41, 5.74) is 5.94. The molecule has 21 heavy (non-hydrogen) atoms. The first-order valence-corrected chi connectivity index (χ1v) is 7.16. The Balaban J connectivity index is 2.34. The molecule has 2 rings (SSSR count). The van der Waals surface area contributed by atoms with Crippen molar-refractivity contribution in [1.82, 2.24) is 0 Å². The van der Waals surface area contributed by atoms with E-state index in [-0.39, 0.29) is 22.7 Å². The fourth-order valence-electron chi connectivity index (χ4n) is 2.91. The maximum absolute atomic E-state index is 11.3. The first kappa shape index (κ1) is 15.3. The van der Waals surface area contributed by atoms with Crippen LogP contribution in [0.1, 0.15) is 49.9 Å². The van der Waals surface area contributed by atoms with E-state index in [1.54, 1.807) is 0 Å². The minimum atomic E-state index is -0.587. The van der Waals surface area contributed by atoms with E-state index in [1.165, 1.54) is 24.6 Å². The Morgan fingerprint density at radius 1 is 1.43 bits per heavy atom. The Bertz CT molecular complexity index is 569. The van der Waals surface area contributed by atoms with Crippen LogP contribution in [0.2, 0.25) is 0 Å². The monoisotopic (exact) mass is 291 g/mol. The molecule has 0 bridgehead atoms. The molecule has 0 heterocycles. The van der Waals surface area contributed by atoms with E-state index in [9.17, 15) is 14.9 Å². The van der Waals surface area contributed by atoms with Crippen molar-refractivity contribution in [2.24, 2.45) is 11.1 Å². The zero-order chi connectivity index (χ0) is 15.6. The topological polar surface area (TPSA) is 98.3 Å². The number of nitrogens with zero attached hydrogens (tertiary/aromatic N) is 1. The number of carbonyl (C=O) groups excluding carboxylic acids is 1. The van der Waals surface area contributed by atoms with Crippen molar-refractivity contribution in [2.45, 2.75) is 45.6 Å². The third kappa shape index (κ3) is 3.32. The molecule has 1 fully saturated rings. The summed E-state index contributed by atoms with van der Waals surface area (Å²) in [6.45, 7) is 4.32. The molecule has 3 N–H and O–H groups in total. The Labute approximate surface area is 123 Å². The lowest BCUT2D eigenvalue weighted by Gasteiger charge is -2.39. The summed E-state index contributed by atoms with van der Waals surface area (Å²) < 4.78 is 0. The van der Waals surface area contributed by atoms with Gasteiger partial charge in [-0.15, -0.1) is 0 Å². The van der Waals surface area contributed by atoms with E-state index >= 15 is 0 Å². The van der Waals surface area contributed by atoms with Crippen LogP contribution in [0.5, 0.6) is 0 Å². The quantitative estimate of drug-likeness (QED) is 0.657. The molecule has 1 atom stereocenters. The number of nitro benzene ring substituents is 1. The highest BCUT2D eigenvalue weighted by atomic mass is 16.6. The molecular weight excluding hydrogens is 270 g/mol. The lowest BCUT2D eigenvalue weighted by Crippen LogP contribution is -2.39. The van der Waals surface area contributed by atoms with Gasteiger partial charge in [0.15, 0.2) is 0 Å². The number of carbonyl (C=O) groups is 1. The molecule has 1 saturated carbocycles. The van der Waals surface area contributed by atoms with Gasteiger partial charge in [-0.3, -0.25) is 14.9 Å². The van der Waals surface area contributed by atoms with E-state index in [0.717, 1.165) is 19.3 Å². The Morgan fingerprint density at radius 3 is 2.71 bits per heavy atom. The van der Waals surface area contributed by atoms with E-state index < -0.39 is 10.8 Å². The van der Waals surface area contributed by atoms with Gasteiger partial charge in [-0.05, 0) is 30.4 Å². The SMILES string of the molecule is CC1(C)CCCCC1Nc1cc(C(N)=O)ccc1[N+](=O)[O-]. The fraction of sp³-hybridized carbons (Fsp3) is 0.533. The third-order valence-electron chi connectivity index (χ3n) is 4.31. The minimum Gasteiger partial charge on any atom is -0.376 e. The molecule has 6 heteroatoms. The summed E-state index contributed by atoms with van der Waals surface area (Å²) in [6, 6.07) is 4.34. The summed E-state index contributed by atoms with van der Waals surface area (Å²) in [4.78, 5) is 22.0. The lowest BCUT2D eigenvalue weighted by atomic mass is 9.73. The number of primary amides is 1. The predicted molar refractivity (Wildman–Crippen MR) is 81.3 cm³/mol. The minimum absolute atomic E-state index is 0.0265. The van der Waals surface area contributed by atoms with E-state index in [2.05, 4.69) is 19.2 Å². The molecule has 1 aromatic carbocycles. The number of nitrogens with one attached hydrogen (secondary N) is 1. The van der Waals surface area contributed by atoms with E-state index in [1.807, 2.05) is 0 Å². The van der Waals surface area contributed by atoms with Gasteiger partial charge in [0, 0.05) is 17.7 Å². The van der Waals surface area contributed by atoms with Crippen LogP contribution in [0.4, 0.5) is 11.4 Å². The standard InChI is InChI=1S/C15H21N3O3/c1-15(2)8-4-3-5-13(15)17-11-9-10(14(16)19)6-7-12(11)18(20)21/h6-7,9,13,17H,3-5,8H2,1-2H3,(H2,16,19). The predicted octanol–water partition coefficient (Wildman–Crippen LogP) is 3.07. The fourth-order valence-corrected chi connectivity index (χ4v) is 2.91. The first-order valence-electron chi connectivity index (χ1n) is 7.16. The van der Waals surface area contributed by atoms with Crippen LogP contribution in [0.25, 0.3) is 0 Å². The number of nitro groups is 1. The van der Waals surface area contributed by atoms with Gasteiger partial charge in [-0.2, -0.15) is 0 Å². The number of nitrogens with two attached hydrogens (primary N) is 1. The average molecular weight is 291 g/mol. The van der Waals surface area contributed by atoms with Crippen LogP contribution in [-0.2, 0) is 0 Å². The third-order valence-corrected chi connectivity index (χ3v) is 4.31. The van der Waals surface area contributed by atoms with Gasteiger partial charge in [-0.1, -0.05) is 26.7 Å². The molecular formula is C15H21N3O3. The van der Waals surface area contributed by atoms with Gasteiger partial charge < -0.3 is 11.1 Å². The highest BCUT2D eigenvalue weighted by molar-refractivity contribution is 5.94. The van der Waals surface area contributed by atoms with Gasteiger partial charge in [0.05, 0.1) is 4.92 Å². The number of hydrogen-bond donors (Lipinski definition) is 2. The summed E-state index contributed by atoms with van der Waals surface area (Å²) in [6.07, 6.45) is 4.32. The number of hydrogen-bond acceptors (Lipinski definition) is 4.